The first-order valence-corrected chi connectivity index (χ1v) is 7.01. The molecule has 0 radical (unpaired) electrons. The SMILES string of the molecule is COCC1C(c2ccc(F)c(F)c2)C(O)C(=O)CC1(C)[N+](=O)[O-]. The molecule has 0 aromatic heterocycles. The van der Waals surface area contributed by atoms with E-state index in [1.165, 1.54) is 20.1 Å². The molecule has 1 aromatic rings. The third-order valence-corrected chi connectivity index (χ3v) is 4.53. The second kappa shape index (κ2) is 6.29. The average molecular weight is 329 g/mol. The highest BCUT2D eigenvalue weighted by molar-refractivity contribution is 5.86. The second-order valence-electron chi connectivity index (χ2n) is 5.96. The lowest BCUT2D eigenvalue weighted by molar-refractivity contribution is -0.579. The van der Waals surface area contributed by atoms with Crippen LogP contribution in [-0.2, 0) is 9.53 Å². The van der Waals surface area contributed by atoms with Gasteiger partial charge in [-0.1, -0.05) is 6.07 Å². The lowest BCUT2D eigenvalue weighted by Gasteiger charge is -2.41. The number of halogens is 2. The summed E-state index contributed by atoms with van der Waals surface area (Å²) in [5.74, 6) is -4.86. The molecule has 126 valence electrons. The summed E-state index contributed by atoms with van der Waals surface area (Å²) in [5, 5.41) is 21.7. The van der Waals surface area contributed by atoms with Crippen molar-refractivity contribution in [3.8, 4) is 0 Å². The molecule has 0 saturated heterocycles. The number of carbonyl (C=O) groups is 1. The molecule has 1 aliphatic carbocycles. The third kappa shape index (κ3) is 2.96. The molecule has 4 unspecified atom stereocenters. The smallest absolute Gasteiger partial charge is 0.232 e. The number of hydrogen-bond acceptors (Lipinski definition) is 5. The third-order valence-electron chi connectivity index (χ3n) is 4.53. The quantitative estimate of drug-likeness (QED) is 0.670. The molecule has 1 fully saturated rings. The molecular formula is C15H17F2NO5. The number of nitrogens with zero attached hydrogens (tertiary/aromatic N) is 1. The maximum atomic E-state index is 13.5. The van der Waals surface area contributed by atoms with Crippen molar-refractivity contribution in [2.45, 2.75) is 30.9 Å². The minimum atomic E-state index is -1.66. The van der Waals surface area contributed by atoms with E-state index >= 15 is 0 Å². The standard InChI is InChI=1S/C15H17F2NO5/c1-15(18(21)22)6-12(19)14(20)13(9(15)7-23-2)8-3-4-10(16)11(17)5-8/h3-5,9,13-14,20H,6-7H2,1-2H3. The number of aliphatic hydroxyl groups excluding tert-OH is 1. The molecule has 1 aromatic carbocycles. The van der Waals surface area contributed by atoms with Crippen molar-refractivity contribution in [2.24, 2.45) is 5.92 Å². The molecular weight excluding hydrogens is 312 g/mol. The van der Waals surface area contributed by atoms with E-state index in [0.29, 0.717) is 0 Å². The minimum Gasteiger partial charge on any atom is -0.385 e. The molecule has 8 heteroatoms. The number of nitro groups is 1. The summed E-state index contributed by atoms with van der Waals surface area (Å²) in [6, 6.07) is 2.93. The van der Waals surface area contributed by atoms with Gasteiger partial charge in [0.1, 0.15) is 6.10 Å². The molecule has 2 rings (SSSR count). The molecule has 0 bridgehead atoms. The number of ether oxygens (including phenoxy) is 1. The van der Waals surface area contributed by atoms with Crippen LogP contribution in [0.3, 0.4) is 0 Å². The van der Waals surface area contributed by atoms with Crippen LogP contribution >= 0.6 is 0 Å². The molecule has 4 atom stereocenters. The Morgan fingerprint density at radius 2 is 2.09 bits per heavy atom. The molecule has 6 nitrogen and oxygen atoms in total. The van der Waals surface area contributed by atoms with Gasteiger partial charge in [-0.15, -0.1) is 0 Å². The van der Waals surface area contributed by atoms with Gasteiger partial charge in [-0.2, -0.15) is 0 Å². The Morgan fingerprint density at radius 1 is 1.43 bits per heavy atom. The molecule has 23 heavy (non-hydrogen) atoms. The number of methoxy groups -OCH3 is 1. The van der Waals surface area contributed by atoms with E-state index in [4.69, 9.17) is 4.74 Å². The van der Waals surface area contributed by atoms with Crippen molar-refractivity contribution in [1.82, 2.24) is 0 Å². The van der Waals surface area contributed by atoms with E-state index < -0.39 is 52.2 Å². The van der Waals surface area contributed by atoms with Gasteiger partial charge < -0.3 is 9.84 Å². The van der Waals surface area contributed by atoms with Gasteiger partial charge in [0.05, 0.1) is 18.9 Å². The minimum absolute atomic E-state index is 0.106. The normalized spacial score (nSPS) is 31.2. The Bertz CT molecular complexity index is 638. The van der Waals surface area contributed by atoms with Crippen LogP contribution in [0.4, 0.5) is 8.78 Å². The summed E-state index contributed by atoms with van der Waals surface area (Å²) in [5.41, 5.74) is -1.54. The Labute approximate surface area is 131 Å². The predicted octanol–water partition coefficient (Wildman–Crippen LogP) is 1.68. The van der Waals surface area contributed by atoms with Crippen molar-refractivity contribution < 1.29 is 28.3 Å². The first-order valence-electron chi connectivity index (χ1n) is 7.01. The van der Waals surface area contributed by atoms with Crippen LogP contribution in [0.5, 0.6) is 0 Å². The van der Waals surface area contributed by atoms with Gasteiger partial charge in [-0.25, -0.2) is 8.78 Å². The van der Waals surface area contributed by atoms with E-state index in [9.17, 15) is 28.8 Å². The summed E-state index contributed by atoms with van der Waals surface area (Å²) >= 11 is 0. The lowest BCUT2D eigenvalue weighted by atomic mass is 9.64. The monoisotopic (exact) mass is 329 g/mol. The van der Waals surface area contributed by atoms with Gasteiger partial charge in [0.25, 0.3) is 0 Å². The molecule has 0 heterocycles. The Kier molecular flexibility index (Phi) is 4.76. The topological polar surface area (TPSA) is 89.7 Å². The first kappa shape index (κ1) is 17.4. The Hall–Kier alpha value is -1.93. The zero-order valence-electron chi connectivity index (χ0n) is 12.7. The van der Waals surface area contributed by atoms with Gasteiger partial charge in [0, 0.05) is 24.9 Å². The van der Waals surface area contributed by atoms with Crippen molar-refractivity contribution in [1.29, 1.82) is 0 Å². The Morgan fingerprint density at radius 3 is 2.61 bits per heavy atom. The zero-order valence-corrected chi connectivity index (χ0v) is 12.7. The maximum absolute atomic E-state index is 13.5. The van der Waals surface area contributed by atoms with Gasteiger partial charge in [-0.05, 0) is 17.7 Å². The highest BCUT2D eigenvalue weighted by Gasteiger charge is 2.58. The van der Waals surface area contributed by atoms with Crippen molar-refractivity contribution in [2.75, 3.05) is 13.7 Å². The van der Waals surface area contributed by atoms with Crippen LogP contribution in [0.15, 0.2) is 18.2 Å². The highest BCUT2D eigenvalue weighted by Crippen LogP contribution is 2.44. The second-order valence-corrected chi connectivity index (χ2v) is 5.96. The summed E-state index contributed by atoms with van der Waals surface area (Å²) in [7, 11) is 1.34. The van der Waals surface area contributed by atoms with Crippen LogP contribution in [0, 0.1) is 27.7 Å². The van der Waals surface area contributed by atoms with Crippen molar-refractivity contribution >= 4 is 5.78 Å². The number of carbonyl (C=O) groups excluding carboxylic acids is 1. The van der Waals surface area contributed by atoms with Crippen LogP contribution in [0.25, 0.3) is 0 Å². The van der Waals surface area contributed by atoms with Gasteiger partial charge in [0.15, 0.2) is 17.4 Å². The predicted molar refractivity (Wildman–Crippen MR) is 75.5 cm³/mol. The van der Waals surface area contributed by atoms with E-state index in [-0.39, 0.29) is 12.2 Å². The lowest BCUT2D eigenvalue weighted by Crippen LogP contribution is -2.57. The summed E-state index contributed by atoms with van der Waals surface area (Å²) in [6.07, 6.45) is -1.98. The number of benzene rings is 1. The number of hydrogen-bond donors (Lipinski definition) is 1. The maximum Gasteiger partial charge on any atom is 0.232 e. The van der Waals surface area contributed by atoms with Crippen molar-refractivity contribution in [3.05, 3.63) is 45.5 Å². The molecule has 1 aliphatic rings. The summed E-state index contributed by atoms with van der Waals surface area (Å²) in [6.45, 7) is 1.19. The van der Waals surface area contributed by atoms with E-state index in [1.807, 2.05) is 0 Å². The summed E-state index contributed by atoms with van der Waals surface area (Å²) in [4.78, 5) is 23.0. The highest BCUT2D eigenvalue weighted by atomic mass is 19.2. The molecule has 1 N–H and O–H groups in total. The molecule has 1 saturated carbocycles. The zero-order chi connectivity index (χ0) is 17.4. The number of rotatable bonds is 4. The van der Waals surface area contributed by atoms with Crippen molar-refractivity contribution in [3.63, 3.8) is 0 Å². The van der Waals surface area contributed by atoms with Gasteiger partial charge >= 0.3 is 0 Å². The van der Waals surface area contributed by atoms with E-state index in [1.54, 1.807) is 0 Å². The number of Topliss-reactive ketones (excluding diaryl/α,β-unsaturated/α-hetero) is 1. The fraction of sp³-hybridized carbons (Fsp3) is 0.533. The summed E-state index contributed by atoms with van der Waals surface area (Å²) < 4.78 is 31.7. The first-order chi connectivity index (χ1) is 10.7. The number of aliphatic hydroxyl groups is 1. The average Bonchev–Trinajstić information content (AvgIpc) is 2.48. The van der Waals surface area contributed by atoms with Crippen LogP contribution < -0.4 is 0 Å². The Balaban J connectivity index is 2.56. The fourth-order valence-corrected chi connectivity index (χ4v) is 3.19. The fourth-order valence-electron chi connectivity index (χ4n) is 3.19. The van der Waals surface area contributed by atoms with Crippen LogP contribution in [-0.4, -0.2) is 41.2 Å². The van der Waals surface area contributed by atoms with Gasteiger partial charge in [0.2, 0.25) is 5.54 Å². The molecule has 0 spiro atoms. The molecule has 0 aliphatic heterocycles. The van der Waals surface area contributed by atoms with Crippen LogP contribution in [0.1, 0.15) is 24.8 Å². The van der Waals surface area contributed by atoms with Gasteiger partial charge in [-0.3, -0.25) is 14.9 Å². The largest absolute Gasteiger partial charge is 0.385 e. The van der Waals surface area contributed by atoms with Crippen LogP contribution in [0.2, 0.25) is 0 Å². The molecule has 0 amide bonds. The number of ketones is 1. The van der Waals surface area contributed by atoms with E-state index in [0.717, 1.165) is 12.1 Å². The van der Waals surface area contributed by atoms with E-state index in [2.05, 4.69) is 0 Å².